The molecule has 0 aliphatic rings. The van der Waals surface area contributed by atoms with Gasteiger partial charge in [-0.2, -0.15) is 5.10 Å². The summed E-state index contributed by atoms with van der Waals surface area (Å²) in [4.78, 5) is 23.9. The lowest BCUT2D eigenvalue weighted by atomic mass is 10.0. The molecule has 1 heterocycles. The number of nitrogens with one attached hydrogen (secondary N) is 1. The van der Waals surface area contributed by atoms with Crippen LogP contribution in [0, 0.1) is 12.8 Å². The number of aryl methyl sites for hydroxylation is 1. The fourth-order valence-electron chi connectivity index (χ4n) is 2.29. The molecule has 6 nitrogen and oxygen atoms in total. The molecule has 126 valence electrons. The molecule has 6 heteroatoms. The first-order chi connectivity index (χ1) is 11.4. The number of amides is 1. The van der Waals surface area contributed by atoms with Gasteiger partial charge in [0, 0.05) is 12.0 Å². The molecule has 1 amide bonds. The number of hydrazone groups is 1. The van der Waals surface area contributed by atoms with E-state index in [1.54, 1.807) is 13.8 Å². The van der Waals surface area contributed by atoms with Crippen molar-refractivity contribution in [2.75, 3.05) is 0 Å². The van der Waals surface area contributed by atoms with E-state index < -0.39 is 5.63 Å². The first-order valence-corrected chi connectivity index (χ1v) is 7.60. The van der Waals surface area contributed by atoms with Gasteiger partial charge in [-0.3, -0.25) is 4.79 Å². The summed E-state index contributed by atoms with van der Waals surface area (Å²) in [7, 11) is 0. The summed E-state index contributed by atoms with van der Waals surface area (Å²) in [5, 5.41) is 13.8. The molecule has 0 aliphatic heterocycles. The molecular weight excluding hydrogens is 308 g/mol. The monoisotopic (exact) mass is 328 g/mol. The maximum atomic E-state index is 12.1. The third kappa shape index (κ3) is 4.32. The molecule has 2 rings (SSSR count). The van der Waals surface area contributed by atoms with Crippen LogP contribution in [0.2, 0.25) is 0 Å². The van der Waals surface area contributed by atoms with E-state index in [-0.39, 0.29) is 28.8 Å². The SMILES string of the molecule is CC(=NNC(=O)[C@H](C)Cc1ccccc1)c1c(O)cc(C)oc1=O. The number of aromatic hydroxyl groups is 1. The highest BCUT2D eigenvalue weighted by Crippen LogP contribution is 2.15. The second-order valence-electron chi connectivity index (χ2n) is 5.67. The lowest BCUT2D eigenvalue weighted by Gasteiger charge is -2.10. The van der Waals surface area contributed by atoms with Gasteiger partial charge in [-0.1, -0.05) is 37.3 Å². The zero-order valence-corrected chi connectivity index (χ0v) is 13.9. The van der Waals surface area contributed by atoms with E-state index in [2.05, 4.69) is 10.5 Å². The smallest absolute Gasteiger partial charge is 0.348 e. The number of hydrogen-bond acceptors (Lipinski definition) is 5. The molecular formula is C18H20N2O4. The van der Waals surface area contributed by atoms with Crippen LogP contribution < -0.4 is 11.1 Å². The molecule has 0 saturated heterocycles. The van der Waals surface area contributed by atoms with Crippen LogP contribution in [0.1, 0.15) is 30.7 Å². The third-order valence-corrected chi connectivity index (χ3v) is 3.58. The Bertz CT molecular complexity index is 810. The lowest BCUT2D eigenvalue weighted by molar-refractivity contribution is -0.124. The van der Waals surface area contributed by atoms with E-state index in [9.17, 15) is 14.7 Å². The fraction of sp³-hybridized carbons (Fsp3) is 0.278. The van der Waals surface area contributed by atoms with Crippen LogP contribution in [0.4, 0.5) is 0 Å². The second kappa shape index (κ2) is 7.59. The quantitative estimate of drug-likeness (QED) is 0.651. The van der Waals surface area contributed by atoms with Crippen LogP contribution in [0.5, 0.6) is 5.75 Å². The van der Waals surface area contributed by atoms with Gasteiger partial charge in [0.05, 0.1) is 5.71 Å². The van der Waals surface area contributed by atoms with Crippen molar-refractivity contribution in [2.24, 2.45) is 11.0 Å². The second-order valence-corrected chi connectivity index (χ2v) is 5.67. The summed E-state index contributed by atoms with van der Waals surface area (Å²) >= 11 is 0. The molecule has 2 aromatic rings. The van der Waals surface area contributed by atoms with Crippen LogP contribution in [-0.4, -0.2) is 16.7 Å². The van der Waals surface area contributed by atoms with Gasteiger partial charge in [0.1, 0.15) is 17.1 Å². The molecule has 0 spiro atoms. The van der Waals surface area contributed by atoms with Gasteiger partial charge < -0.3 is 9.52 Å². The molecule has 0 aliphatic carbocycles. The van der Waals surface area contributed by atoms with Crippen LogP contribution in [0.15, 0.2) is 50.7 Å². The third-order valence-electron chi connectivity index (χ3n) is 3.58. The highest BCUT2D eigenvalue weighted by atomic mass is 16.4. The molecule has 0 bridgehead atoms. The Morgan fingerprint density at radius 1 is 1.33 bits per heavy atom. The van der Waals surface area contributed by atoms with Crippen molar-refractivity contribution < 1.29 is 14.3 Å². The number of hydrogen-bond donors (Lipinski definition) is 2. The highest BCUT2D eigenvalue weighted by Gasteiger charge is 2.16. The van der Waals surface area contributed by atoms with Gasteiger partial charge in [0.25, 0.3) is 0 Å². The Hall–Kier alpha value is -2.89. The molecule has 2 N–H and O–H groups in total. The van der Waals surface area contributed by atoms with Crippen molar-refractivity contribution >= 4 is 11.6 Å². The summed E-state index contributed by atoms with van der Waals surface area (Å²) in [5.74, 6) is -0.479. The predicted octanol–water partition coefficient (Wildman–Crippen LogP) is 2.37. The Kier molecular flexibility index (Phi) is 5.52. The predicted molar refractivity (Wildman–Crippen MR) is 91.0 cm³/mol. The average molecular weight is 328 g/mol. The topological polar surface area (TPSA) is 91.9 Å². The molecule has 0 fully saturated rings. The minimum atomic E-state index is -0.694. The van der Waals surface area contributed by atoms with E-state index in [0.29, 0.717) is 12.2 Å². The molecule has 24 heavy (non-hydrogen) atoms. The van der Waals surface area contributed by atoms with Crippen molar-refractivity contribution in [1.82, 2.24) is 5.43 Å². The number of rotatable bonds is 5. The number of nitrogens with zero attached hydrogens (tertiary/aromatic N) is 1. The summed E-state index contributed by atoms with van der Waals surface area (Å²) in [6.45, 7) is 4.87. The Morgan fingerprint density at radius 3 is 2.62 bits per heavy atom. The van der Waals surface area contributed by atoms with Gasteiger partial charge >= 0.3 is 5.63 Å². The first kappa shape index (κ1) is 17.5. The van der Waals surface area contributed by atoms with Crippen LogP contribution in [0.25, 0.3) is 0 Å². The van der Waals surface area contributed by atoms with E-state index >= 15 is 0 Å². The largest absolute Gasteiger partial charge is 0.507 e. The minimum Gasteiger partial charge on any atom is -0.507 e. The average Bonchev–Trinajstić information content (AvgIpc) is 2.52. The molecule has 0 unspecified atom stereocenters. The van der Waals surface area contributed by atoms with Gasteiger partial charge in [-0.15, -0.1) is 0 Å². The first-order valence-electron chi connectivity index (χ1n) is 7.60. The highest BCUT2D eigenvalue weighted by molar-refractivity contribution is 6.01. The summed E-state index contributed by atoms with van der Waals surface area (Å²) in [6, 6.07) is 11.0. The van der Waals surface area contributed by atoms with E-state index in [1.165, 1.54) is 13.0 Å². The maximum absolute atomic E-state index is 12.1. The fourth-order valence-corrected chi connectivity index (χ4v) is 2.29. The maximum Gasteiger partial charge on any atom is 0.348 e. The number of carbonyl (C=O) groups is 1. The van der Waals surface area contributed by atoms with Gasteiger partial charge in [0.15, 0.2) is 0 Å². The van der Waals surface area contributed by atoms with E-state index in [0.717, 1.165) is 5.56 Å². The van der Waals surface area contributed by atoms with Gasteiger partial charge in [-0.25, -0.2) is 10.2 Å². The minimum absolute atomic E-state index is 0.0587. The zero-order valence-electron chi connectivity index (χ0n) is 13.9. The molecule has 1 aromatic carbocycles. The van der Waals surface area contributed by atoms with Crippen LogP contribution >= 0.6 is 0 Å². The van der Waals surface area contributed by atoms with Crippen molar-refractivity contribution in [3.8, 4) is 5.75 Å². The van der Waals surface area contributed by atoms with Crippen LogP contribution in [0.3, 0.4) is 0 Å². The molecule has 0 saturated carbocycles. The zero-order chi connectivity index (χ0) is 17.7. The summed E-state index contributed by atoms with van der Waals surface area (Å²) < 4.78 is 4.93. The number of carbonyl (C=O) groups excluding carboxylic acids is 1. The van der Waals surface area contributed by atoms with Crippen molar-refractivity contribution in [2.45, 2.75) is 27.2 Å². The summed E-state index contributed by atoms with van der Waals surface area (Å²) in [5.41, 5.74) is 2.91. The normalized spacial score (nSPS) is 12.7. The molecule has 1 aromatic heterocycles. The number of benzene rings is 1. The van der Waals surface area contributed by atoms with Crippen molar-refractivity contribution in [1.29, 1.82) is 0 Å². The van der Waals surface area contributed by atoms with Crippen molar-refractivity contribution in [3.05, 3.63) is 63.7 Å². The van der Waals surface area contributed by atoms with Crippen LogP contribution in [-0.2, 0) is 11.2 Å². The molecule has 0 radical (unpaired) electrons. The Labute approximate surface area is 139 Å². The Morgan fingerprint density at radius 2 is 2.00 bits per heavy atom. The molecule has 1 atom stereocenters. The summed E-state index contributed by atoms with van der Waals surface area (Å²) in [6.07, 6.45) is 0.583. The Balaban J connectivity index is 2.07. The van der Waals surface area contributed by atoms with E-state index in [4.69, 9.17) is 4.42 Å². The standard InChI is InChI=1S/C18H20N2O4/c1-11(9-14-7-5-4-6-8-14)17(22)20-19-13(3)16-15(21)10-12(2)24-18(16)23/h4-8,10-11,21H,9H2,1-3H3,(H,20,22)/t11-/m1/s1. The van der Waals surface area contributed by atoms with Crippen molar-refractivity contribution in [3.63, 3.8) is 0 Å². The van der Waals surface area contributed by atoms with Gasteiger partial charge in [-0.05, 0) is 25.8 Å². The lowest BCUT2D eigenvalue weighted by Crippen LogP contribution is -2.28. The van der Waals surface area contributed by atoms with E-state index in [1.807, 2.05) is 30.3 Å². The van der Waals surface area contributed by atoms with Gasteiger partial charge in [0.2, 0.25) is 5.91 Å².